The van der Waals surface area contributed by atoms with Crippen molar-refractivity contribution in [2.45, 2.75) is 58.0 Å². The van der Waals surface area contributed by atoms with Crippen LogP contribution in [0.15, 0.2) is 12.5 Å². The molecule has 4 heteroatoms. The fourth-order valence-electron chi connectivity index (χ4n) is 3.35. The summed E-state index contributed by atoms with van der Waals surface area (Å²) in [5.41, 5.74) is 7.38. The monoisotopic (exact) mass is 278 g/mol. The minimum absolute atomic E-state index is 0.310. The molecule has 1 aliphatic rings. The van der Waals surface area contributed by atoms with Crippen molar-refractivity contribution < 1.29 is 0 Å². The minimum atomic E-state index is 0.310. The Balaban J connectivity index is 2.16. The summed E-state index contributed by atoms with van der Waals surface area (Å²) in [7, 11) is 2.07. The quantitative estimate of drug-likeness (QED) is 0.834. The summed E-state index contributed by atoms with van der Waals surface area (Å²) in [6.45, 7) is 6.42. The Morgan fingerprint density at radius 3 is 2.60 bits per heavy atom. The van der Waals surface area contributed by atoms with Crippen LogP contribution in [0.4, 0.5) is 0 Å². The molecule has 0 bridgehead atoms. The van der Waals surface area contributed by atoms with E-state index in [1.807, 2.05) is 12.5 Å². The smallest absolute Gasteiger partial charge is 0.0946 e. The predicted molar refractivity (Wildman–Crippen MR) is 83.4 cm³/mol. The average molecular weight is 278 g/mol. The van der Waals surface area contributed by atoms with Gasteiger partial charge < -0.3 is 10.3 Å². The highest BCUT2D eigenvalue weighted by molar-refractivity contribution is 5.07. The van der Waals surface area contributed by atoms with Gasteiger partial charge in [0.1, 0.15) is 0 Å². The fourth-order valence-corrected chi connectivity index (χ4v) is 3.35. The van der Waals surface area contributed by atoms with Gasteiger partial charge in [0.25, 0.3) is 0 Å². The van der Waals surface area contributed by atoms with E-state index in [1.54, 1.807) is 0 Å². The summed E-state index contributed by atoms with van der Waals surface area (Å²) >= 11 is 0. The largest absolute Gasteiger partial charge is 0.336 e. The van der Waals surface area contributed by atoms with Gasteiger partial charge in [0.05, 0.1) is 18.1 Å². The Kier molecular flexibility index (Phi) is 5.61. The molecule has 20 heavy (non-hydrogen) atoms. The lowest BCUT2D eigenvalue weighted by Gasteiger charge is -2.36. The van der Waals surface area contributed by atoms with Gasteiger partial charge in [-0.3, -0.25) is 4.90 Å². The van der Waals surface area contributed by atoms with Crippen molar-refractivity contribution in [3.63, 3.8) is 0 Å². The van der Waals surface area contributed by atoms with Gasteiger partial charge in [0, 0.05) is 25.8 Å². The van der Waals surface area contributed by atoms with Gasteiger partial charge in [-0.05, 0) is 31.7 Å². The molecule has 2 rings (SSSR count). The first-order valence-corrected chi connectivity index (χ1v) is 8.05. The molecule has 114 valence electrons. The van der Waals surface area contributed by atoms with Crippen LogP contribution >= 0.6 is 0 Å². The second-order valence-corrected chi connectivity index (χ2v) is 6.54. The van der Waals surface area contributed by atoms with Gasteiger partial charge >= 0.3 is 0 Å². The summed E-state index contributed by atoms with van der Waals surface area (Å²) in [6, 6.07) is 1.02. The summed E-state index contributed by atoms with van der Waals surface area (Å²) < 4.78 is 2.12. The van der Waals surface area contributed by atoms with E-state index >= 15 is 0 Å². The lowest BCUT2D eigenvalue weighted by Crippen LogP contribution is -2.42. The van der Waals surface area contributed by atoms with Gasteiger partial charge in [0.15, 0.2) is 0 Å². The summed E-state index contributed by atoms with van der Waals surface area (Å²) in [5.74, 6) is 0.740. The standard InChI is InChI=1S/C16H30N4/c1-13(2)8-9-20(14-6-4-5-7-14)15(10-17)16-11-18-12-19(16)3/h11-15H,4-10,17H2,1-3H3. The number of nitrogens with two attached hydrogens (primary N) is 1. The molecule has 1 atom stereocenters. The van der Waals surface area contributed by atoms with Crippen molar-refractivity contribution in [3.05, 3.63) is 18.2 Å². The molecule has 0 aliphatic heterocycles. The maximum atomic E-state index is 6.12. The first-order chi connectivity index (χ1) is 9.63. The molecule has 4 nitrogen and oxygen atoms in total. The molecule has 1 aromatic heterocycles. The molecule has 0 spiro atoms. The van der Waals surface area contributed by atoms with Crippen molar-refractivity contribution in [2.75, 3.05) is 13.1 Å². The Hall–Kier alpha value is -0.870. The maximum Gasteiger partial charge on any atom is 0.0946 e. The van der Waals surface area contributed by atoms with Crippen molar-refractivity contribution in [1.29, 1.82) is 0 Å². The van der Waals surface area contributed by atoms with E-state index in [1.165, 1.54) is 37.8 Å². The van der Waals surface area contributed by atoms with E-state index in [4.69, 9.17) is 5.73 Å². The second kappa shape index (κ2) is 7.23. The van der Waals surface area contributed by atoms with Gasteiger partial charge in [0.2, 0.25) is 0 Å². The van der Waals surface area contributed by atoms with Crippen molar-refractivity contribution >= 4 is 0 Å². The highest BCUT2D eigenvalue weighted by Gasteiger charge is 2.30. The normalized spacial score (nSPS) is 18.3. The van der Waals surface area contributed by atoms with E-state index in [0.29, 0.717) is 18.6 Å². The van der Waals surface area contributed by atoms with Crippen LogP contribution in [0.5, 0.6) is 0 Å². The number of imidazole rings is 1. The molecule has 1 heterocycles. The van der Waals surface area contributed by atoms with Crippen molar-refractivity contribution in [2.24, 2.45) is 18.7 Å². The van der Waals surface area contributed by atoms with E-state index in [-0.39, 0.29) is 0 Å². The summed E-state index contributed by atoms with van der Waals surface area (Å²) in [5, 5.41) is 0. The third-order valence-corrected chi connectivity index (χ3v) is 4.58. The number of aromatic nitrogens is 2. The fraction of sp³-hybridized carbons (Fsp3) is 0.812. The molecule has 1 saturated carbocycles. The number of hydrogen-bond acceptors (Lipinski definition) is 3. The van der Waals surface area contributed by atoms with Crippen LogP contribution < -0.4 is 5.73 Å². The number of nitrogens with zero attached hydrogens (tertiary/aromatic N) is 3. The lowest BCUT2D eigenvalue weighted by molar-refractivity contribution is 0.126. The maximum absolute atomic E-state index is 6.12. The first-order valence-electron chi connectivity index (χ1n) is 8.05. The average Bonchev–Trinajstić information content (AvgIpc) is 3.06. The Bertz CT molecular complexity index is 393. The van der Waals surface area contributed by atoms with Gasteiger partial charge in [-0.1, -0.05) is 26.7 Å². The topological polar surface area (TPSA) is 47.1 Å². The van der Waals surface area contributed by atoms with Gasteiger partial charge in [-0.2, -0.15) is 0 Å². The van der Waals surface area contributed by atoms with Crippen LogP contribution in [-0.4, -0.2) is 33.6 Å². The first kappa shape index (κ1) is 15.5. The van der Waals surface area contributed by atoms with E-state index in [2.05, 4.69) is 35.3 Å². The third kappa shape index (κ3) is 3.61. The van der Waals surface area contributed by atoms with Crippen LogP contribution in [0.25, 0.3) is 0 Å². The van der Waals surface area contributed by atoms with E-state index in [9.17, 15) is 0 Å². The highest BCUT2D eigenvalue weighted by atomic mass is 15.2. The molecular formula is C16H30N4. The molecule has 2 N–H and O–H groups in total. The molecule has 1 unspecified atom stereocenters. The molecule has 0 aromatic carbocycles. The molecule has 0 amide bonds. The Morgan fingerprint density at radius 1 is 1.40 bits per heavy atom. The molecular weight excluding hydrogens is 248 g/mol. The predicted octanol–water partition coefficient (Wildman–Crippen LogP) is 2.71. The molecule has 0 saturated heterocycles. The zero-order valence-electron chi connectivity index (χ0n) is 13.3. The Labute approximate surface area is 123 Å². The second-order valence-electron chi connectivity index (χ2n) is 6.54. The summed E-state index contributed by atoms with van der Waals surface area (Å²) in [4.78, 5) is 6.93. The highest BCUT2D eigenvalue weighted by Crippen LogP contribution is 2.31. The SMILES string of the molecule is CC(C)CCN(C1CCCC1)C(CN)c1cncn1C. The zero-order valence-corrected chi connectivity index (χ0v) is 13.3. The Morgan fingerprint density at radius 2 is 2.10 bits per heavy atom. The number of rotatable bonds is 7. The zero-order chi connectivity index (χ0) is 14.5. The van der Waals surface area contributed by atoms with E-state index in [0.717, 1.165) is 12.5 Å². The van der Waals surface area contributed by atoms with Gasteiger partial charge in [-0.15, -0.1) is 0 Å². The van der Waals surface area contributed by atoms with Crippen LogP contribution in [0.1, 0.15) is 57.7 Å². The number of aryl methyl sites for hydroxylation is 1. The van der Waals surface area contributed by atoms with Crippen LogP contribution in [0, 0.1) is 5.92 Å². The van der Waals surface area contributed by atoms with Crippen LogP contribution in [0.2, 0.25) is 0 Å². The third-order valence-electron chi connectivity index (χ3n) is 4.58. The summed E-state index contributed by atoms with van der Waals surface area (Å²) in [6.07, 6.45) is 10.5. The molecule has 0 radical (unpaired) electrons. The molecule has 1 aromatic rings. The van der Waals surface area contributed by atoms with Crippen molar-refractivity contribution in [1.82, 2.24) is 14.5 Å². The van der Waals surface area contributed by atoms with Gasteiger partial charge in [-0.25, -0.2) is 4.98 Å². The van der Waals surface area contributed by atoms with Crippen molar-refractivity contribution in [3.8, 4) is 0 Å². The molecule has 1 fully saturated rings. The number of hydrogen-bond donors (Lipinski definition) is 1. The van der Waals surface area contributed by atoms with Crippen LogP contribution in [0.3, 0.4) is 0 Å². The van der Waals surface area contributed by atoms with E-state index < -0.39 is 0 Å². The molecule has 1 aliphatic carbocycles. The minimum Gasteiger partial charge on any atom is -0.336 e. The lowest BCUT2D eigenvalue weighted by atomic mass is 10.0. The van der Waals surface area contributed by atoms with Crippen LogP contribution in [-0.2, 0) is 7.05 Å².